The molecule has 3 atom stereocenters. The van der Waals surface area contributed by atoms with Crippen LogP contribution in [0.15, 0.2) is 67.1 Å². The highest BCUT2D eigenvalue weighted by atomic mass is 16.5. The Labute approximate surface area is 307 Å². The van der Waals surface area contributed by atoms with Crippen LogP contribution in [0.2, 0.25) is 0 Å². The minimum absolute atomic E-state index is 0.123. The van der Waals surface area contributed by atoms with Crippen molar-refractivity contribution in [2.24, 2.45) is 0 Å². The lowest BCUT2D eigenvalue weighted by Crippen LogP contribution is -2.47. The summed E-state index contributed by atoms with van der Waals surface area (Å²) in [6.45, 7) is 1.53. The monoisotopic (exact) mass is 711 g/mol. The van der Waals surface area contributed by atoms with Crippen LogP contribution in [0.1, 0.15) is 107 Å². The van der Waals surface area contributed by atoms with E-state index in [1.807, 2.05) is 30.3 Å². The Kier molecular flexibility index (Phi) is 8.61. The number of ketones is 3. The van der Waals surface area contributed by atoms with Gasteiger partial charge in [-0.05, 0) is 92.8 Å². The molecule has 2 aromatic heterocycles. The Morgan fingerprint density at radius 2 is 1.49 bits per heavy atom. The van der Waals surface area contributed by atoms with Gasteiger partial charge in [0, 0.05) is 66.9 Å². The molecule has 3 aliphatic carbocycles. The zero-order valence-corrected chi connectivity index (χ0v) is 29.5. The maximum atomic E-state index is 13.4. The molecule has 0 radical (unpaired) electrons. The van der Waals surface area contributed by atoms with Crippen molar-refractivity contribution in [3.8, 4) is 22.4 Å². The smallest absolute Gasteiger partial charge is 0.262 e. The number of Topliss-reactive ketones (excluding diaryl/α,β-unsaturated/α-hetero) is 3. The van der Waals surface area contributed by atoms with Crippen molar-refractivity contribution >= 4 is 34.9 Å². The van der Waals surface area contributed by atoms with E-state index in [1.54, 1.807) is 24.5 Å². The van der Waals surface area contributed by atoms with Gasteiger partial charge >= 0.3 is 0 Å². The molecule has 5 aliphatic rings. The lowest BCUT2D eigenvalue weighted by atomic mass is 9.92. The van der Waals surface area contributed by atoms with Crippen molar-refractivity contribution in [2.45, 2.75) is 94.9 Å². The van der Waals surface area contributed by atoms with E-state index in [1.165, 1.54) is 0 Å². The Morgan fingerprint density at radius 3 is 2.30 bits per heavy atom. The maximum Gasteiger partial charge on any atom is 0.262 e. The highest BCUT2D eigenvalue weighted by molar-refractivity contribution is 6.24. The molecule has 2 aliphatic heterocycles. The normalized spacial score (nSPS) is 23.5. The summed E-state index contributed by atoms with van der Waals surface area (Å²) in [6.07, 6.45) is 13.2. The number of piperidine rings is 1. The largest absolute Gasteiger partial charge is 0.375 e. The molecule has 270 valence electrons. The molecule has 2 saturated carbocycles. The van der Waals surface area contributed by atoms with Crippen molar-refractivity contribution in [2.75, 3.05) is 18.0 Å². The van der Waals surface area contributed by atoms with Gasteiger partial charge < -0.3 is 9.64 Å². The summed E-state index contributed by atoms with van der Waals surface area (Å²) >= 11 is 0. The summed E-state index contributed by atoms with van der Waals surface area (Å²) in [5.41, 5.74) is 7.51. The fourth-order valence-corrected chi connectivity index (χ4v) is 9.00. The Morgan fingerprint density at radius 1 is 0.698 bits per heavy atom. The number of hydrogen-bond acceptors (Lipinski definition) is 9. The number of fused-ring (bicyclic) bond motifs is 2. The molecular formula is C42H41N5O6. The standard InChI is InChI=1S/C42H41N5O6/c48-30-7-10-37(39(50)23-30)47-41(51)34-9-6-28(22-35(34)42(47)52)45-18-14-31(15-19-45)53-32-3-1-2-29(21-32)46-24-36(40(44-46)25-12-16-43-17-13-25)27-4-8-33-26(20-27)5-11-38(33)49/h4,6,8-9,12-13,16-17,20,22,24,29,31-32,37H,1-3,5,7,10-11,14-15,18-19,21,23H2/t29-,32+,37?/m1/s1. The summed E-state index contributed by atoms with van der Waals surface area (Å²) in [5.74, 6) is -1.19. The number of aromatic nitrogens is 3. The first kappa shape index (κ1) is 33.5. The predicted octanol–water partition coefficient (Wildman–Crippen LogP) is 6.20. The molecule has 0 bridgehead atoms. The lowest BCUT2D eigenvalue weighted by molar-refractivity contribution is -0.132. The van der Waals surface area contributed by atoms with E-state index in [0.717, 1.165) is 102 Å². The van der Waals surface area contributed by atoms with E-state index >= 15 is 0 Å². The van der Waals surface area contributed by atoms with Crippen LogP contribution in [-0.4, -0.2) is 80.2 Å². The van der Waals surface area contributed by atoms with E-state index < -0.39 is 17.9 Å². The van der Waals surface area contributed by atoms with Crippen molar-refractivity contribution in [1.29, 1.82) is 0 Å². The number of hydrogen-bond donors (Lipinski definition) is 0. The number of amides is 2. The van der Waals surface area contributed by atoms with E-state index in [2.05, 4.69) is 26.8 Å². The molecule has 2 amide bonds. The van der Waals surface area contributed by atoms with Crippen LogP contribution >= 0.6 is 0 Å². The van der Waals surface area contributed by atoms with Crippen LogP contribution in [0.4, 0.5) is 5.69 Å². The van der Waals surface area contributed by atoms with Gasteiger partial charge in [0.15, 0.2) is 11.6 Å². The zero-order chi connectivity index (χ0) is 36.2. The van der Waals surface area contributed by atoms with E-state index in [0.29, 0.717) is 17.5 Å². The first-order valence-corrected chi connectivity index (χ1v) is 18.9. The molecule has 53 heavy (non-hydrogen) atoms. The highest BCUT2D eigenvalue weighted by Gasteiger charge is 2.44. The second kappa shape index (κ2) is 13.6. The third-order valence-electron chi connectivity index (χ3n) is 11.8. The summed E-state index contributed by atoms with van der Waals surface area (Å²) in [4.78, 5) is 70.7. The summed E-state index contributed by atoms with van der Waals surface area (Å²) in [5, 5.41) is 5.17. The zero-order valence-electron chi connectivity index (χ0n) is 29.5. The molecule has 4 heterocycles. The van der Waals surface area contributed by atoms with Crippen LogP contribution in [-0.2, 0) is 20.7 Å². The predicted molar refractivity (Wildman–Crippen MR) is 196 cm³/mol. The quantitative estimate of drug-likeness (QED) is 0.163. The van der Waals surface area contributed by atoms with Gasteiger partial charge in [-0.1, -0.05) is 18.2 Å². The third kappa shape index (κ3) is 6.20. The number of benzene rings is 2. The van der Waals surface area contributed by atoms with Gasteiger partial charge in [0.1, 0.15) is 11.5 Å². The van der Waals surface area contributed by atoms with Gasteiger partial charge in [0.25, 0.3) is 11.8 Å². The van der Waals surface area contributed by atoms with E-state index in [-0.39, 0.29) is 54.9 Å². The first-order chi connectivity index (χ1) is 25.8. The average molecular weight is 712 g/mol. The Hall–Kier alpha value is -5.29. The third-order valence-corrected chi connectivity index (χ3v) is 11.8. The fourth-order valence-electron chi connectivity index (χ4n) is 9.00. The first-order valence-electron chi connectivity index (χ1n) is 18.9. The SMILES string of the molecule is O=C1CCC(N2C(=O)c3ccc(N4CCC(O[C@H]5CCC[C@@H](n6cc(-c7ccc8c(c7)CCC8=O)c(-c7ccncc7)n6)C5)CC4)cc3C2=O)C(=O)C1. The number of imide groups is 1. The summed E-state index contributed by atoms with van der Waals surface area (Å²) in [7, 11) is 0. The molecular weight excluding hydrogens is 670 g/mol. The van der Waals surface area contributed by atoms with Gasteiger partial charge in [-0.3, -0.25) is 38.5 Å². The number of nitrogens with zero attached hydrogens (tertiary/aromatic N) is 5. The molecule has 1 saturated heterocycles. The summed E-state index contributed by atoms with van der Waals surface area (Å²) < 4.78 is 8.90. The van der Waals surface area contributed by atoms with Gasteiger partial charge in [0.2, 0.25) is 0 Å². The molecule has 9 rings (SSSR count). The van der Waals surface area contributed by atoms with Crippen LogP contribution in [0.3, 0.4) is 0 Å². The van der Waals surface area contributed by atoms with Crippen molar-refractivity contribution < 1.29 is 28.7 Å². The maximum absolute atomic E-state index is 13.4. The Bertz CT molecular complexity index is 2150. The summed E-state index contributed by atoms with van der Waals surface area (Å²) in [6, 6.07) is 14.8. The number of carbonyl (C=O) groups excluding carboxylic acids is 5. The van der Waals surface area contributed by atoms with Crippen LogP contribution in [0.25, 0.3) is 22.4 Å². The van der Waals surface area contributed by atoms with Crippen LogP contribution < -0.4 is 4.90 Å². The minimum atomic E-state index is -0.868. The molecule has 11 nitrogen and oxygen atoms in total. The second-order valence-corrected chi connectivity index (χ2v) is 15.1. The molecule has 4 aromatic rings. The number of ether oxygens (including phenoxy) is 1. The second-order valence-electron chi connectivity index (χ2n) is 15.1. The van der Waals surface area contributed by atoms with Crippen LogP contribution in [0.5, 0.6) is 0 Å². The number of pyridine rings is 1. The van der Waals surface area contributed by atoms with E-state index in [4.69, 9.17) is 9.84 Å². The lowest BCUT2D eigenvalue weighted by Gasteiger charge is -2.37. The van der Waals surface area contributed by atoms with Gasteiger partial charge in [0.05, 0.1) is 41.8 Å². The number of rotatable bonds is 7. The van der Waals surface area contributed by atoms with Gasteiger partial charge in [-0.25, -0.2) is 0 Å². The molecule has 0 spiro atoms. The molecule has 11 heteroatoms. The molecule has 1 unspecified atom stereocenters. The van der Waals surface area contributed by atoms with Crippen LogP contribution in [0, 0.1) is 0 Å². The number of anilines is 1. The number of aryl methyl sites for hydroxylation is 1. The van der Waals surface area contributed by atoms with Crippen molar-refractivity contribution in [1.82, 2.24) is 19.7 Å². The molecule has 2 aromatic carbocycles. The van der Waals surface area contributed by atoms with Gasteiger partial charge in [-0.2, -0.15) is 5.10 Å². The van der Waals surface area contributed by atoms with Crippen molar-refractivity contribution in [3.63, 3.8) is 0 Å². The number of carbonyl (C=O) groups is 5. The molecule has 3 fully saturated rings. The van der Waals surface area contributed by atoms with E-state index in [9.17, 15) is 24.0 Å². The van der Waals surface area contributed by atoms with Gasteiger partial charge in [-0.15, -0.1) is 0 Å². The van der Waals surface area contributed by atoms with Crippen molar-refractivity contribution in [3.05, 3.63) is 89.4 Å². The fraction of sp³-hybridized carbons (Fsp3) is 0.405. The molecule has 0 N–H and O–H groups in total. The topological polar surface area (TPSA) is 132 Å². The average Bonchev–Trinajstić information content (AvgIpc) is 3.86. The minimum Gasteiger partial charge on any atom is -0.375 e. The highest BCUT2D eigenvalue weighted by Crippen LogP contribution is 2.39. The Balaban J connectivity index is 0.855.